The van der Waals surface area contributed by atoms with Crippen LogP contribution in [0.3, 0.4) is 0 Å². The lowest BCUT2D eigenvalue weighted by molar-refractivity contribution is -0.146. The second-order valence-corrected chi connectivity index (χ2v) is 10.4. The van der Waals surface area contributed by atoms with Crippen molar-refractivity contribution in [3.63, 3.8) is 0 Å². The summed E-state index contributed by atoms with van der Waals surface area (Å²) >= 11 is 18.3. The van der Waals surface area contributed by atoms with E-state index in [9.17, 15) is 9.90 Å². The SMILES string of the molecule is COc1ccc2nccc([C@H](F)CC[C@@H]3CCN(CC#Cc4c(Cl)cc(Cl)cc4Cl)C[C@@H]3C(=O)O)c2c1. The molecule has 1 aromatic heterocycles. The van der Waals surface area contributed by atoms with E-state index in [4.69, 9.17) is 39.5 Å². The van der Waals surface area contributed by atoms with E-state index >= 15 is 4.39 Å². The van der Waals surface area contributed by atoms with Crippen molar-refractivity contribution >= 4 is 51.7 Å². The predicted molar refractivity (Wildman–Crippen MR) is 145 cm³/mol. The van der Waals surface area contributed by atoms with Gasteiger partial charge in [0.25, 0.3) is 0 Å². The minimum absolute atomic E-state index is 0.122. The Labute approximate surface area is 230 Å². The molecule has 1 N–H and O–H groups in total. The van der Waals surface area contributed by atoms with Gasteiger partial charge in [0.05, 0.1) is 40.7 Å². The number of ether oxygens (including phenoxy) is 1. The highest BCUT2D eigenvalue weighted by molar-refractivity contribution is 6.39. The number of carbonyl (C=O) groups is 1. The van der Waals surface area contributed by atoms with Gasteiger partial charge in [-0.1, -0.05) is 46.6 Å². The molecule has 2 aromatic carbocycles. The number of hydrogen-bond acceptors (Lipinski definition) is 4. The molecule has 194 valence electrons. The van der Waals surface area contributed by atoms with E-state index in [1.807, 2.05) is 4.90 Å². The molecule has 4 rings (SSSR count). The molecule has 0 aliphatic carbocycles. The van der Waals surface area contributed by atoms with E-state index in [1.165, 1.54) is 0 Å². The fourth-order valence-electron chi connectivity index (χ4n) is 4.80. The van der Waals surface area contributed by atoms with Crippen molar-refractivity contribution in [3.05, 3.63) is 68.8 Å². The number of methoxy groups -OCH3 is 1. The fraction of sp³-hybridized carbons (Fsp3) is 0.357. The zero-order valence-electron chi connectivity index (χ0n) is 20.2. The predicted octanol–water partition coefficient (Wildman–Crippen LogP) is 7.07. The Morgan fingerprint density at radius 3 is 2.70 bits per heavy atom. The average Bonchev–Trinajstić information content (AvgIpc) is 2.88. The number of likely N-dealkylation sites (tertiary alicyclic amines) is 1. The number of aromatic nitrogens is 1. The number of pyridine rings is 1. The highest BCUT2D eigenvalue weighted by atomic mass is 35.5. The molecule has 1 saturated heterocycles. The molecule has 3 atom stereocenters. The monoisotopic (exact) mass is 562 g/mol. The molecule has 2 heterocycles. The van der Waals surface area contributed by atoms with Crippen LogP contribution in [0.1, 0.15) is 36.6 Å². The minimum atomic E-state index is -1.23. The van der Waals surface area contributed by atoms with Crippen LogP contribution in [-0.4, -0.2) is 47.7 Å². The fourth-order valence-corrected chi connectivity index (χ4v) is 5.71. The second-order valence-electron chi connectivity index (χ2n) is 9.10. The van der Waals surface area contributed by atoms with E-state index in [2.05, 4.69) is 16.8 Å². The number of carboxylic acid groups (broad SMARTS) is 1. The van der Waals surface area contributed by atoms with Gasteiger partial charge in [-0.3, -0.25) is 14.7 Å². The summed E-state index contributed by atoms with van der Waals surface area (Å²) in [5, 5.41) is 11.8. The lowest BCUT2D eigenvalue weighted by Crippen LogP contribution is -2.44. The number of carboxylic acids is 1. The van der Waals surface area contributed by atoms with Gasteiger partial charge in [0.1, 0.15) is 11.9 Å². The smallest absolute Gasteiger partial charge is 0.308 e. The first-order valence-electron chi connectivity index (χ1n) is 11.9. The summed E-state index contributed by atoms with van der Waals surface area (Å²) in [6.45, 7) is 1.41. The van der Waals surface area contributed by atoms with Crippen LogP contribution < -0.4 is 4.74 Å². The maximum absolute atomic E-state index is 15.4. The van der Waals surface area contributed by atoms with Crippen molar-refractivity contribution in [3.8, 4) is 17.6 Å². The normalized spacial score (nSPS) is 18.7. The summed E-state index contributed by atoms with van der Waals surface area (Å²) in [7, 11) is 1.57. The Hall–Kier alpha value is -2.56. The second kappa shape index (κ2) is 12.3. The van der Waals surface area contributed by atoms with Crippen molar-refractivity contribution in [1.82, 2.24) is 9.88 Å². The van der Waals surface area contributed by atoms with Gasteiger partial charge >= 0.3 is 5.97 Å². The van der Waals surface area contributed by atoms with E-state index in [0.29, 0.717) is 75.3 Å². The van der Waals surface area contributed by atoms with Crippen molar-refractivity contribution in [2.24, 2.45) is 11.8 Å². The Morgan fingerprint density at radius 2 is 2.00 bits per heavy atom. The van der Waals surface area contributed by atoms with E-state index < -0.39 is 18.1 Å². The molecule has 37 heavy (non-hydrogen) atoms. The Morgan fingerprint density at radius 1 is 1.24 bits per heavy atom. The number of alkyl halides is 1. The van der Waals surface area contributed by atoms with Gasteiger partial charge in [-0.2, -0.15) is 0 Å². The van der Waals surface area contributed by atoms with Crippen LogP contribution in [-0.2, 0) is 4.79 Å². The van der Waals surface area contributed by atoms with E-state index in [1.54, 1.807) is 49.7 Å². The number of fused-ring (bicyclic) bond motifs is 1. The van der Waals surface area contributed by atoms with Crippen LogP contribution in [0.15, 0.2) is 42.6 Å². The Bertz CT molecular complexity index is 1330. The van der Waals surface area contributed by atoms with Crippen LogP contribution >= 0.6 is 34.8 Å². The zero-order valence-corrected chi connectivity index (χ0v) is 22.5. The molecule has 9 heteroatoms. The zero-order chi connectivity index (χ0) is 26.5. The third-order valence-corrected chi connectivity index (χ3v) is 7.61. The van der Waals surface area contributed by atoms with Gasteiger partial charge in [-0.05, 0) is 73.7 Å². The topological polar surface area (TPSA) is 62.7 Å². The molecule has 0 spiro atoms. The third-order valence-electron chi connectivity index (χ3n) is 6.79. The Balaban J connectivity index is 1.39. The number of halogens is 4. The van der Waals surface area contributed by atoms with Crippen LogP contribution in [0.5, 0.6) is 5.75 Å². The van der Waals surface area contributed by atoms with Gasteiger partial charge in [0, 0.05) is 23.2 Å². The molecule has 3 aromatic rings. The molecule has 0 saturated carbocycles. The number of aliphatic carboxylic acids is 1. The molecular formula is C28H26Cl3FN2O3. The molecule has 0 unspecified atom stereocenters. The molecule has 0 amide bonds. The number of benzene rings is 2. The van der Waals surface area contributed by atoms with Crippen LogP contribution in [0.25, 0.3) is 10.9 Å². The van der Waals surface area contributed by atoms with E-state index in [0.717, 1.165) is 0 Å². The summed E-state index contributed by atoms with van der Waals surface area (Å²) in [6.07, 6.45) is 1.73. The van der Waals surface area contributed by atoms with Gasteiger partial charge in [-0.15, -0.1) is 0 Å². The number of hydrogen-bond donors (Lipinski definition) is 1. The number of nitrogens with zero attached hydrogens (tertiary/aromatic N) is 2. The van der Waals surface area contributed by atoms with Crippen molar-refractivity contribution < 1.29 is 19.0 Å². The first-order chi connectivity index (χ1) is 17.8. The summed E-state index contributed by atoms with van der Waals surface area (Å²) < 4.78 is 20.7. The number of rotatable bonds is 7. The van der Waals surface area contributed by atoms with Crippen LogP contribution in [0.2, 0.25) is 15.1 Å². The first kappa shape index (κ1) is 27.5. The maximum Gasteiger partial charge on any atom is 0.308 e. The summed E-state index contributed by atoms with van der Waals surface area (Å²) in [4.78, 5) is 18.4. The molecular weight excluding hydrogens is 538 g/mol. The summed E-state index contributed by atoms with van der Waals surface area (Å²) in [5.41, 5.74) is 1.73. The third kappa shape index (κ3) is 6.66. The number of piperidine rings is 1. The first-order valence-corrected chi connectivity index (χ1v) is 13.1. The lowest BCUT2D eigenvalue weighted by Gasteiger charge is -2.35. The van der Waals surface area contributed by atoms with Gasteiger partial charge in [0.2, 0.25) is 0 Å². The van der Waals surface area contributed by atoms with Crippen molar-refractivity contribution in [1.29, 1.82) is 0 Å². The van der Waals surface area contributed by atoms with Crippen LogP contribution in [0, 0.1) is 23.7 Å². The molecule has 1 aliphatic rings. The average molecular weight is 564 g/mol. The quantitative estimate of drug-likeness (QED) is 0.312. The van der Waals surface area contributed by atoms with Gasteiger partial charge in [-0.25, -0.2) is 4.39 Å². The van der Waals surface area contributed by atoms with E-state index in [-0.39, 0.29) is 12.3 Å². The Kier molecular flexibility index (Phi) is 9.15. The maximum atomic E-state index is 15.4. The van der Waals surface area contributed by atoms with Gasteiger partial charge in [0.15, 0.2) is 0 Å². The highest BCUT2D eigenvalue weighted by Gasteiger charge is 2.34. The lowest BCUT2D eigenvalue weighted by atomic mass is 9.81. The molecule has 5 nitrogen and oxygen atoms in total. The minimum Gasteiger partial charge on any atom is -0.497 e. The standard InChI is InChI=1S/C28H26Cl3FN2O3/c1-37-19-5-7-27-22(15-19)20(8-10-33-27)26(32)6-4-17-9-12-34(16-23(17)28(35)36)11-2-3-21-24(30)13-18(29)14-25(21)31/h5,7-8,10,13-15,17,23,26H,4,6,9,11-12,16H2,1H3,(H,35,36)/t17-,23+,26-/m1/s1. The largest absolute Gasteiger partial charge is 0.497 e. The van der Waals surface area contributed by atoms with Crippen molar-refractivity contribution in [2.75, 3.05) is 26.7 Å². The molecule has 1 fully saturated rings. The van der Waals surface area contributed by atoms with Crippen molar-refractivity contribution in [2.45, 2.75) is 25.4 Å². The molecule has 1 aliphatic heterocycles. The van der Waals surface area contributed by atoms with Crippen LogP contribution in [0.4, 0.5) is 4.39 Å². The highest BCUT2D eigenvalue weighted by Crippen LogP contribution is 2.35. The summed E-state index contributed by atoms with van der Waals surface area (Å²) in [5.74, 6) is 5.05. The van der Waals surface area contributed by atoms with Gasteiger partial charge < -0.3 is 9.84 Å². The summed E-state index contributed by atoms with van der Waals surface area (Å²) in [6, 6.07) is 10.2. The molecule has 0 bridgehead atoms. The molecule has 0 radical (unpaired) electrons.